The highest BCUT2D eigenvalue weighted by molar-refractivity contribution is 9.10. The van der Waals surface area contributed by atoms with E-state index >= 15 is 0 Å². The lowest BCUT2D eigenvalue weighted by molar-refractivity contribution is 0.106. The van der Waals surface area contributed by atoms with Gasteiger partial charge < -0.3 is 4.52 Å². The second kappa shape index (κ2) is 2.38. The van der Waals surface area contributed by atoms with Crippen molar-refractivity contribution < 1.29 is 13.3 Å². The second-order valence-electron chi connectivity index (χ2n) is 1.20. The molecule has 0 saturated carbocycles. The van der Waals surface area contributed by atoms with Gasteiger partial charge in [-0.3, -0.25) is 0 Å². The maximum atomic E-state index is 11.6. The van der Waals surface area contributed by atoms with Gasteiger partial charge >= 0.3 is 6.43 Å². The summed E-state index contributed by atoms with van der Waals surface area (Å²) >= 11 is 2.75. The van der Waals surface area contributed by atoms with Crippen molar-refractivity contribution in [1.29, 1.82) is 0 Å². The Kier molecular flexibility index (Phi) is 1.75. The maximum absolute atomic E-state index is 11.6. The second-order valence-corrected chi connectivity index (χ2v) is 1.91. The number of hydrogen-bond acceptors (Lipinski definition) is 3. The summed E-state index contributed by atoms with van der Waals surface area (Å²) in [6.45, 7) is 0. The molecule has 0 aromatic carbocycles. The molecule has 1 rings (SSSR count). The summed E-state index contributed by atoms with van der Waals surface area (Å²) in [5.41, 5.74) is 0. The number of halogens is 3. The molecule has 50 valence electrons. The Morgan fingerprint density at radius 1 is 1.56 bits per heavy atom. The van der Waals surface area contributed by atoms with E-state index in [-0.39, 0.29) is 4.73 Å². The van der Waals surface area contributed by atoms with Crippen LogP contribution in [0.5, 0.6) is 0 Å². The van der Waals surface area contributed by atoms with Gasteiger partial charge in [0, 0.05) is 0 Å². The molecule has 0 aliphatic heterocycles. The van der Waals surface area contributed by atoms with E-state index in [0.29, 0.717) is 0 Å². The van der Waals surface area contributed by atoms with Crippen LogP contribution < -0.4 is 0 Å². The molecule has 0 radical (unpaired) electrons. The molecule has 6 heteroatoms. The molecule has 0 atom stereocenters. The zero-order chi connectivity index (χ0) is 6.85. The van der Waals surface area contributed by atoms with E-state index in [1.807, 2.05) is 0 Å². The van der Waals surface area contributed by atoms with Crippen molar-refractivity contribution in [1.82, 2.24) is 10.1 Å². The van der Waals surface area contributed by atoms with E-state index in [1.165, 1.54) is 0 Å². The van der Waals surface area contributed by atoms with E-state index in [2.05, 4.69) is 30.6 Å². The largest absolute Gasteiger partial charge is 0.332 e. The van der Waals surface area contributed by atoms with E-state index in [1.54, 1.807) is 0 Å². The minimum atomic E-state index is -2.69. The summed E-state index contributed by atoms with van der Waals surface area (Å²) in [6, 6.07) is 0. The minimum Gasteiger partial charge on any atom is -0.332 e. The summed E-state index contributed by atoms with van der Waals surface area (Å²) in [6.07, 6.45) is -2.69. The number of aromatic nitrogens is 2. The Bertz CT molecular complexity index is 201. The van der Waals surface area contributed by atoms with Gasteiger partial charge in [0.2, 0.25) is 4.73 Å². The van der Waals surface area contributed by atoms with Gasteiger partial charge in [-0.1, -0.05) is 0 Å². The molecule has 3 nitrogen and oxygen atoms in total. The molecule has 0 N–H and O–H groups in total. The smallest absolute Gasteiger partial charge is 0.315 e. The van der Waals surface area contributed by atoms with Crippen LogP contribution in [0.2, 0.25) is 0 Å². The Labute approximate surface area is 57.2 Å². The summed E-state index contributed by atoms with van der Waals surface area (Å²) < 4.78 is 27.2. The third-order valence-electron chi connectivity index (χ3n) is 0.604. The van der Waals surface area contributed by atoms with Gasteiger partial charge in [0.25, 0.3) is 5.89 Å². The van der Waals surface area contributed by atoms with Crippen LogP contribution in [-0.2, 0) is 0 Å². The molecule has 9 heavy (non-hydrogen) atoms. The van der Waals surface area contributed by atoms with Crippen LogP contribution in [0.4, 0.5) is 8.78 Å². The standard InChI is InChI=1S/C3HBrF2N2O/c4-3-7-2(1(5)6)9-8-3/h1H. The highest BCUT2D eigenvalue weighted by Gasteiger charge is 2.14. The van der Waals surface area contributed by atoms with Crippen LogP contribution in [0.15, 0.2) is 9.26 Å². The van der Waals surface area contributed by atoms with Gasteiger partial charge in [-0.25, -0.2) is 0 Å². The van der Waals surface area contributed by atoms with Crippen molar-refractivity contribution in [3.05, 3.63) is 10.6 Å². The zero-order valence-corrected chi connectivity index (χ0v) is 5.60. The average molecular weight is 199 g/mol. The van der Waals surface area contributed by atoms with Gasteiger partial charge in [0.1, 0.15) is 0 Å². The van der Waals surface area contributed by atoms with Crippen molar-refractivity contribution in [3.8, 4) is 0 Å². The van der Waals surface area contributed by atoms with Crippen LogP contribution in [0.1, 0.15) is 12.3 Å². The first-order chi connectivity index (χ1) is 4.20. The lowest BCUT2D eigenvalue weighted by atomic mass is 10.7. The van der Waals surface area contributed by atoms with Gasteiger partial charge in [0.15, 0.2) is 0 Å². The molecule has 0 aliphatic carbocycles. The molecule has 0 saturated heterocycles. The van der Waals surface area contributed by atoms with Gasteiger partial charge in [0.05, 0.1) is 0 Å². The SMILES string of the molecule is FC(F)c1nc(Br)no1. The van der Waals surface area contributed by atoms with Crippen molar-refractivity contribution in [3.63, 3.8) is 0 Å². The highest BCUT2D eigenvalue weighted by Crippen LogP contribution is 2.17. The van der Waals surface area contributed by atoms with E-state index in [0.717, 1.165) is 0 Å². The topological polar surface area (TPSA) is 38.9 Å². The van der Waals surface area contributed by atoms with Crippen LogP contribution >= 0.6 is 15.9 Å². The molecular formula is C3HBrF2N2O. The molecule has 0 bridgehead atoms. The van der Waals surface area contributed by atoms with Crippen molar-refractivity contribution >= 4 is 15.9 Å². The number of nitrogens with zero attached hydrogens (tertiary/aromatic N) is 2. The fourth-order valence-corrected chi connectivity index (χ4v) is 0.552. The third kappa shape index (κ3) is 1.44. The molecular weight excluding hydrogens is 198 g/mol. The highest BCUT2D eigenvalue weighted by atomic mass is 79.9. The molecule has 0 fully saturated rings. The Balaban J connectivity index is 2.85. The number of alkyl halides is 2. The average Bonchev–Trinajstić information content (AvgIpc) is 2.14. The summed E-state index contributed by atoms with van der Waals surface area (Å²) in [5, 5.41) is 3.09. The summed E-state index contributed by atoms with van der Waals surface area (Å²) in [7, 11) is 0. The van der Waals surface area contributed by atoms with Crippen LogP contribution in [0, 0.1) is 0 Å². The first kappa shape index (κ1) is 6.60. The lowest BCUT2D eigenvalue weighted by Crippen LogP contribution is -1.80. The van der Waals surface area contributed by atoms with Gasteiger partial charge in [-0.05, 0) is 21.1 Å². The third-order valence-corrected chi connectivity index (χ3v) is 0.926. The van der Waals surface area contributed by atoms with Crippen molar-refractivity contribution in [2.45, 2.75) is 6.43 Å². The monoisotopic (exact) mass is 198 g/mol. The zero-order valence-electron chi connectivity index (χ0n) is 4.01. The minimum absolute atomic E-state index is 0.0396. The first-order valence-electron chi connectivity index (χ1n) is 1.97. The fourth-order valence-electron chi connectivity index (χ4n) is 0.305. The van der Waals surface area contributed by atoms with E-state index < -0.39 is 12.3 Å². The predicted octanol–water partition coefficient (Wildman–Crippen LogP) is 1.77. The number of hydrogen-bond donors (Lipinski definition) is 0. The maximum Gasteiger partial charge on any atom is 0.315 e. The normalized spacial score (nSPS) is 10.7. The van der Waals surface area contributed by atoms with Gasteiger partial charge in [-0.2, -0.15) is 13.8 Å². The van der Waals surface area contributed by atoms with Crippen molar-refractivity contribution in [2.24, 2.45) is 0 Å². The van der Waals surface area contributed by atoms with E-state index in [9.17, 15) is 8.78 Å². The van der Waals surface area contributed by atoms with Gasteiger partial charge in [-0.15, -0.1) is 0 Å². The quantitative estimate of drug-likeness (QED) is 0.691. The summed E-state index contributed by atoms with van der Waals surface area (Å²) in [4.78, 5) is 3.20. The molecule has 0 amide bonds. The molecule has 0 spiro atoms. The molecule has 1 heterocycles. The van der Waals surface area contributed by atoms with E-state index in [4.69, 9.17) is 0 Å². The summed E-state index contributed by atoms with van der Waals surface area (Å²) in [5.74, 6) is -0.665. The molecule has 0 unspecified atom stereocenters. The molecule has 1 aromatic heterocycles. The molecule has 1 aromatic rings. The number of rotatable bonds is 1. The Morgan fingerprint density at radius 2 is 2.22 bits per heavy atom. The fraction of sp³-hybridized carbons (Fsp3) is 0.333. The van der Waals surface area contributed by atoms with Crippen LogP contribution in [0.3, 0.4) is 0 Å². The molecule has 0 aliphatic rings. The lowest BCUT2D eigenvalue weighted by Gasteiger charge is -1.83. The van der Waals surface area contributed by atoms with Crippen molar-refractivity contribution in [2.75, 3.05) is 0 Å². The Morgan fingerprint density at radius 3 is 2.44 bits per heavy atom. The van der Waals surface area contributed by atoms with Crippen LogP contribution in [-0.4, -0.2) is 10.1 Å². The Hall–Kier alpha value is -0.520. The first-order valence-corrected chi connectivity index (χ1v) is 2.76. The predicted molar refractivity (Wildman–Crippen MR) is 27.0 cm³/mol. The van der Waals surface area contributed by atoms with Crippen LogP contribution in [0.25, 0.3) is 0 Å².